The molecule has 234 valence electrons. The number of nitro benzene ring substituents is 1. The standard InChI is InChI=1S/C25H32N4O7S.C2H2O4/c1-13-21-20(14(2)31)24(32)28(21)22(25(33)36-11-15-3-5-17(6-4-15)29(34)35)23(13)37-18-7-19(16-8-26-9-16)27(10-18)12-30;3-1(4)2(5)6/h3-6,13-14,16,18-21,26,30-31H,7-12H2,1-2H3;(H,3,4)(H,5,6)/t13?,14?,18?,19?,20?,21-;/m0./s1. The third-order valence-electron chi connectivity index (χ3n) is 8.25. The average Bonchev–Trinajstić information content (AvgIpc) is 3.43. The number of aliphatic carboxylic acids is 2. The first-order valence-electron chi connectivity index (χ1n) is 13.7. The van der Waals surface area contributed by atoms with Crippen LogP contribution in [0, 0.1) is 27.9 Å². The van der Waals surface area contributed by atoms with Crippen molar-refractivity contribution in [2.75, 3.05) is 26.4 Å². The largest absolute Gasteiger partial charge is 0.473 e. The second-order valence-corrected chi connectivity index (χ2v) is 12.3. The Bertz CT molecular complexity index is 1290. The van der Waals surface area contributed by atoms with E-state index >= 15 is 0 Å². The lowest BCUT2D eigenvalue weighted by atomic mass is 9.79. The number of aliphatic hydroxyl groups excluding tert-OH is 2. The van der Waals surface area contributed by atoms with Gasteiger partial charge in [-0.1, -0.05) is 6.92 Å². The number of thioether (sulfide) groups is 1. The van der Waals surface area contributed by atoms with E-state index in [-0.39, 0.29) is 53.9 Å². The number of ether oxygens (including phenoxy) is 1. The minimum atomic E-state index is -1.82. The molecule has 0 aromatic heterocycles. The molecule has 1 amide bonds. The number of β-lactam (4-membered cyclic amide) rings is 1. The molecule has 4 heterocycles. The number of carboxylic acid groups (broad SMARTS) is 2. The minimum absolute atomic E-state index is 0.0195. The molecule has 16 heteroatoms. The van der Waals surface area contributed by atoms with Crippen LogP contribution in [0.4, 0.5) is 5.69 Å². The average molecular weight is 623 g/mol. The van der Waals surface area contributed by atoms with E-state index < -0.39 is 34.9 Å². The predicted octanol–water partition coefficient (Wildman–Crippen LogP) is 0.208. The number of benzene rings is 1. The SMILES string of the molecule is CC(O)C1C(=O)N2C(C(=O)OCc3ccc([N+](=O)[O-])cc3)=C(SC3CC(C4CNC4)N(CO)C3)C(C)[C@@H]12.O=C(O)C(=O)O. The van der Waals surface area contributed by atoms with Crippen LogP contribution in [0.5, 0.6) is 0 Å². The zero-order chi connectivity index (χ0) is 31.6. The van der Waals surface area contributed by atoms with Gasteiger partial charge >= 0.3 is 17.9 Å². The van der Waals surface area contributed by atoms with Crippen LogP contribution in [0.15, 0.2) is 34.9 Å². The van der Waals surface area contributed by atoms with Crippen molar-refractivity contribution >= 4 is 41.3 Å². The van der Waals surface area contributed by atoms with E-state index in [0.717, 1.165) is 24.4 Å². The zero-order valence-corrected chi connectivity index (χ0v) is 24.3. The van der Waals surface area contributed by atoms with Gasteiger partial charge in [-0.3, -0.25) is 19.8 Å². The quantitative estimate of drug-likeness (QED) is 0.0817. The highest BCUT2D eigenvalue weighted by Crippen LogP contribution is 2.52. The van der Waals surface area contributed by atoms with Gasteiger partial charge in [0.15, 0.2) is 0 Å². The fraction of sp³-hybridized carbons (Fsp3) is 0.556. The van der Waals surface area contributed by atoms with Crippen LogP contribution in [0.25, 0.3) is 0 Å². The molecule has 0 saturated carbocycles. The molecular weight excluding hydrogens is 588 g/mol. The number of fused-ring (bicyclic) bond motifs is 1. The molecule has 3 fully saturated rings. The Labute approximate surface area is 250 Å². The van der Waals surface area contributed by atoms with Gasteiger partial charge in [-0.2, -0.15) is 0 Å². The number of amides is 1. The molecule has 0 bridgehead atoms. The smallest absolute Gasteiger partial charge is 0.414 e. The first-order valence-corrected chi connectivity index (χ1v) is 14.6. The second kappa shape index (κ2) is 13.4. The van der Waals surface area contributed by atoms with Crippen molar-refractivity contribution in [3.05, 3.63) is 50.5 Å². The van der Waals surface area contributed by atoms with Gasteiger partial charge in [0, 0.05) is 53.9 Å². The number of hydrogen-bond donors (Lipinski definition) is 5. The molecule has 4 aliphatic rings. The van der Waals surface area contributed by atoms with Crippen molar-refractivity contribution in [3.63, 3.8) is 0 Å². The summed E-state index contributed by atoms with van der Waals surface area (Å²) in [7, 11) is 0. The summed E-state index contributed by atoms with van der Waals surface area (Å²) in [6.45, 7) is 6.01. The maximum absolute atomic E-state index is 13.4. The van der Waals surface area contributed by atoms with Crippen molar-refractivity contribution in [2.24, 2.45) is 17.8 Å². The lowest BCUT2D eigenvalue weighted by Crippen LogP contribution is -2.63. The monoisotopic (exact) mass is 622 g/mol. The van der Waals surface area contributed by atoms with Crippen LogP contribution in [-0.2, 0) is 30.5 Å². The summed E-state index contributed by atoms with van der Waals surface area (Å²) in [5.74, 6) is -4.78. The van der Waals surface area contributed by atoms with Crippen molar-refractivity contribution in [1.82, 2.24) is 15.1 Å². The Morgan fingerprint density at radius 3 is 2.30 bits per heavy atom. The van der Waals surface area contributed by atoms with Gasteiger partial charge in [-0.15, -0.1) is 11.8 Å². The number of hydrogen-bond acceptors (Lipinski definition) is 12. The van der Waals surface area contributed by atoms with Gasteiger partial charge < -0.3 is 35.4 Å². The Morgan fingerprint density at radius 1 is 1.19 bits per heavy atom. The zero-order valence-electron chi connectivity index (χ0n) is 23.5. The van der Waals surface area contributed by atoms with Gasteiger partial charge in [0.2, 0.25) is 5.91 Å². The molecule has 5 N–H and O–H groups in total. The maximum atomic E-state index is 13.4. The van der Waals surface area contributed by atoms with E-state index in [1.165, 1.54) is 29.2 Å². The van der Waals surface area contributed by atoms with E-state index in [1.807, 2.05) is 6.92 Å². The van der Waals surface area contributed by atoms with E-state index in [0.29, 0.717) is 18.0 Å². The fourth-order valence-corrected chi connectivity index (χ4v) is 7.56. The topological polar surface area (TPSA) is 220 Å². The number of non-ortho nitro benzene ring substituents is 1. The molecule has 6 atom stereocenters. The van der Waals surface area contributed by atoms with Crippen LogP contribution in [0.2, 0.25) is 0 Å². The molecule has 3 saturated heterocycles. The van der Waals surface area contributed by atoms with Gasteiger partial charge in [-0.05, 0) is 37.0 Å². The highest BCUT2D eigenvalue weighted by Gasteiger charge is 2.60. The Kier molecular flexibility index (Phi) is 10.1. The van der Waals surface area contributed by atoms with Gasteiger partial charge in [-0.25, -0.2) is 14.4 Å². The Balaban J connectivity index is 0.000000641. The van der Waals surface area contributed by atoms with Gasteiger partial charge in [0.05, 0.1) is 29.7 Å². The molecule has 1 aromatic rings. The Morgan fingerprint density at radius 2 is 1.81 bits per heavy atom. The number of carbonyl (C=O) groups excluding carboxylic acids is 2. The predicted molar refractivity (Wildman–Crippen MR) is 150 cm³/mol. The van der Waals surface area contributed by atoms with Gasteiger partial charge in [0.1, 0.15) is 12.3 Å². The van der Waals surface area contributed by atoms with Crippen molar-refractivity contribution in [2.45, 2.75) is 50.3 Å². The number of esters is 1. The number of aliphatic hydroxyl groups is 2. The minimum Gasteiger partial charge on any atom is -0.473 e. The normalized spacial score (nSPS) is 27.4. The summed E-state index contributed by atoms with van der Waals surface area (Å²) in [4.78, 5) is 59.3. The molecule has 0 aliphatic carbocycles. The number of carboxylic acids is 2. The number of nitrogens with one attached hydrogen (secondary N) is 1. The Hall–Kier alpha value is -3.57. The van der Waals surface area contributed by atoms with E-state index in [9.17, 15) is 29.9 Å². The molecule has 0 radical (unpaired) electrons. The van der Waals surface area contributed by atoms with E-state index in [2.05, 4.69) is 10.2 Å². The first kappa shape index (κ1) is 32.3. The van der Waals surface area contributed by atoms with Crippen molar-refractivity contribution in [1.29, 1.82) is 0 Å². The third-order valence-corrected chi connectivity index (χ3v) is 9.74. The summed E-state index contributed by atoms with van der Waals surface area (Å²) in [5.41, 5.74) is 0.777. The summed E-state index contributed by atoms with van der Waals surface area (Å²) in [6.07, 6.45) is 0.0435. The highest BCUT2D eigenvalue weighted by atomic mass is 32.2. The fourth-order valence-electron chi connectivity index (χ4n) is 5.99. The number of likely N-dealkylation sites (tertiary alicyclic amines) is 1. The van der Waals surface area contributed by atoms with E-state index in [4.69, 9.17) is 24.5 Å². The summed E-state index contributed by atoms with van der Waals surface area (Å²) in [5, 5.41) is 49.3. The molecule has 43 heavy (non-hydrogen) atoms. The third kappa shape index (κ3) is 6.67. The highest BCUT2D eigenvalue weighted by molar-refractivity contribution is 8.03. The van der Waals surface area contributed by atoms with Gasteiger partial charge in [0.25, 0.3) is 5.69 Å². The molecule has 4 aliphatic heterocycles. The molecule has 0 spiro atoms. The lowest BCUT2D eigenvalue weighted by Gasteiger charge is -2.46. The summed E-state index contributed by atoms with van der Waals surface area (Å²) in [6, 6.07) is 5.73. The second-order valence-electron chi connectivity index (χ2n) is 11.0. The lowest BCUT2D eigenvalue weighted by molar-refractivity contribution is -0.384. The number of nitrogens with zero attached hydrogens (tertiary/aromatic N) is 3. The van der Waals surface area contributed by atoms with Crippen LogP contribution >= 0.6 is 11.8 Å². The summed E-state index contributed by atoms with van der Waals surface area (Å²) >= 11 is 1.58. The van der Waals surface area contributed by atoms with Crippen molar-refractivity contribution < 1.29 is 49.3 Å². The molecule has 5 rings (SSSR count). The van der Waals surface area contributed by atoms with Crippen LogP contribution in [0.3, 0.4) is 0 Å². The van der Waals surface area contributed by atoms with Crippen LogP contribution in [-0.4, -0.2) is 109 Å². The molecule has 15 nitrogen and oxygen atoms in total. The number of nitro groups is 1. The molecule has 1 aromatic carbocycles. The van der Waals surface area contributed by atoms with Crippen molar-refractivity contribution in [3.8, 4) is 0 Å². The molecular formula is C27H34N4O11S. The van der Waals surface area contributed by atoms with Crippen LogP contribution < -0.4 is 5.32 Å². The molecule has 5 unspecified atom stereocenters. The first-order chi connectivity index (χ1) is 20.3. The number of rotatable bonds is 9. The maximum Gasteiger partial charge on any atom is 0.414 e. The summed E-state index contributed by atoms with van der Waals surface area (Å²) < 4.78 is 5.59. The number of carbonyl (C=O) groups is 4. The van der Waals surface area contributed by atoms with Crippen LogP contribution in [0.1, 0.15) is 25.8 Å². The van der Waals surface area contributed by atoms with E-state index in [1.54, 1.807) is 18.7 Å².